The summed E-state index contributed by atoms with van der Waals surface area (Å²) in [5, 5.41) is 3.25. The van der Waals surface area contributed by atoms with Crippen molar-refractivity contribution < 1.29 is 17.9 Å². The average Bonchev–Trinajstić information content (AvgIpc) is 2.68. The number of hydrogen-bond acceptors (Lipinski definition) is 6. The Kier molecular flexibility index (Phi) is 6.82. The van der Waals surface area contributed by atoms with Crippen LogP contribution in [0.5, 0.6) is 11.5 Å². The summed E-state index contributed by atoms with van der Waals surface area (Å²) in [6.07, 6.45) is 3.37. The van der Waals surface area contributed by atoms with Crippen molar-refractivity contribution in [1.29, 1.82) is 0 Å². The lowest BCUT2D eigenvalue weighted by Crippen LogP contribution is -2.48. The second kappa shape index (κ2) is 8.68. The van der Waals surface area contributed by atoms with Gasteiger partial charge in [-0.25, -0.2) is 8.42 Å². The van der Waals surface area contributed by atoms with Crippen LogP contribution in [0.4, 0.5) is 0 Å². The molecule has 0 bridgehead atoms. The Morgan fingerprint density at radius 1 is 1.19 bits per heavy atom. The molecule has 0 saturated carbocycles. The van der Waals surface area contributed by atoms with Gasteiger partial charge in [0.15, 0.2) is 0 Å². The summed E-state index contributed by atoms with van der Waals surface area (Å²) in [5.41, 5.74) is 0.855. The van der Waals surface area contributed by atoms with Crippen molar-refractivity contribution in [2.24, 2.45) is 0 Å². The Bertz CT molecular complexity index is 811. The SMILES string of the molecule is COc1cc(OC)cc(S(=O)(=O)N2CCNCC2c2cccnc2)c1.Cl. The topological polar surface area (TPSA) is 80.8 Å². The van der Waals surface area contributed by atoms with E-state index in [1.165, 1.54) is 30.7 Å². The Morgan fingerprint density at radius 2 is 1.88 bits per heavy atom. The van der Waals surface area contributed by atoms with Gasteiger partial charge in [0.2, 0.25) is 10.0 Å². The first-order chi connectivity index (χ1) is 12.1. The van der Waals surface area contributed by atoms with Gasteiger partial charge in [-0.15, -0.1) is 12.4 Å². The minimum absolute atomic E-state index is 0. The first kappa shape index (κ1) is 20.4. The molecule has 1 atom stereocenters. The molecule has 1 aromatic heterocycles. The van der Waals surface area contributed by atoms with Crippen LogP contribution in [-0.4, -0.2) is 51.6 Å². The van der Waals surface area contributed by atoms with Crippen LogP contribution in [0.3, 0.4) is 0 Å². The summed E-state index contributed by atoms with van der Waals surface area (Å²) in [4.78, 5) is 4.27. The molecule has 2 heterocycles. The smallest absolute Gasteiger partial charge is 0.243 e. The van der Waals surface area contributed by atoms with Crippen molar-refractivity contribution in [3.8, 4) is 11.5 Å². The highest BCUT2D eigenvalue weighted by Gasteiger charge is 2.35. The highest BCUT2D eigenvalue weighted by atomic mass is 35.5. The zero-order valence-electron chi connectivity index (χ0n) is 14.6. The molecule has 1 saturated heterocycles. The van der Waals surface area contributed by atoms with Gasteiger partial charge in [0.05, 0.1) is 25.2 Å². The third-order valence-electron chi connectivity index (χ3n) is 4.20. The first-order valence-corrected chi connectivity index (χ1v) is 9.36. The van der Waals surface area contributed by atoms with Crippen molar-refractivity contribution in [2.45, 2.75) is 10.9 Å². The van der Waals surface area contributed by atoms with Crippen LogP contribution in [0.1, 0.15) is 11.6 Å². The van der Waals surface area contributed by atoms with Crippen LogP contribution >= 0.6 is 12.4 Å². The maximum Gasteiger partial charge on any atom is 0.243 e. The van der Waals surface area contributed by atoms with Crippen LogP contribution in [0.2, 0.25) is 0 Å². The van der Waals surface area contributed by atoms with E-state index in [1.54, 1.807) is 18.5 Å². The third-order valence-corrected chi connectivity index (χ3v) is 6.08. The molecule has 0 amide bonds. The van der Waals surface area contributed by atoms with Crippen LogP contribution in [0, 0.1) is 0 Å². The van der Waals surface area contributed by atoms with Gasteiger partial charge in [-0.2, -0.15) is 4.31 Å². The number of piperazine rings is 1. The van der Waals surface area contributed by atoms with Crippen molar-refractivity contribution in [2.75, 3.05) is 33.9 Å². The summed E-state index contributed by atoms with van der Waals surface area (Å²) in [6.45, 7) is 1.50. The summed E-state index contributed by atoms with van der Waals surface area (Å²) in [7, 11) is -0.730. The number of hydrogen-bond donors (Lipinski definition) is 1. The molecule has 1 N–H and O–H groups in total. The summed E-state index contributed by atoms with van der Waals surface area (Å²) in [5.74, 6) is 0.872. The zero-order chi connectivity index (χ0) is 17.9. The van der Waals surface area contributed by atoms with E-state index in [0.717, 1.165) is 5.56 Å². The van der Waals surface area contributed by atoms with E-state index >= 15 is 0 Å². The molecule has 1 fully saturated rings. The number of aromatic nitrogens is 1. The van der Waals surface area contributed by atoms with Crippen molar-refractivity contribution in [3.63, 3.8) is 0 Å². The molecule has 142 valence electrons. The lowest BCUT2D eigenvalue weighted by atomic mass is 10.1. The Labute approximate surface area is 159 Å². The zero-order valence-corrected chi connectivity index (χ0v) is 16.2. The highest BCUT2D eigenvalue weighted by molar-refractivity contribution is 7.89. The van der Waals surface area contributed by atoms with Gasteiger partial charge < -0.3 is 14.8 Å². The molecule has 1 aliphatic heterocycles. The molecule has 1 aromatic carbocycles. The number of nitrogens with zero attached hydrogens (tertiary/aromatic N) is 2. The standard InChI is InChI=1S/C17H21N3O4S.ClH/c1-23-14-8-15(24-2)10-16(9-14)25(21,22)20-7-6-19-12-17(20)13-4-3-5-18-11-13;/h3-5,8-11,17,19H,6-7,12H2,1-2H3;1H. The molecule has 2 aromatic rings. The van der Waals surface area contributed by atoms with Gasteiger partial charge in [0.1, 0.15) is 11.5 Å². The fraction of sp³-hybridized carbons (Fsp3) is 0.353. The van der Waals surface area contributed by atoms with Crippen molar-refractivity contribution in [1.82, 2.24) is 14.6 Å². The normalized spacial score (nSPS) is 18.0. The summed E-state index contributed by atoms with van der Waals surface area (Å²) < 4.78 is 38.5. The lowest BCUT2D eigenvalue weighted by Gasteiger charge is -2.35. The number of ether oxygens (including phenoxy) is 2. The van der Waals surface area contributed by atoms with Gasteiger partial charge >= 0.3 is 0 Å². The second-order valence-electron chi connectivity index (χ2n) is 5.67. The molecular weight excluding hydrogens is 378 g/mol. The minimum Gasteiger partial charge on any atom is -0.497 e. The maximum atomic E-state index is 13.3. The van der Waals surface area contributed by atoms with E-state index in [1.807, 2.05) is 12.1 Å². The predicted molar refractivity (Wildman–Crippen MR) is 101 cm³/mol. The Hall–Kier alpha value is -1.87. The fourth-order valence-electron chi connectivity index (χ4n) is 2.90. The molecule has 26 heavy (non-hydrogen) atoms. The lowest BCUT2D eigenvalue weighted by molar-refractivity contribution is 0.271. The van der Waals surface area contributed by atoms with Crippen LogP contribution < -0.4 is 14.8 Å². The third kappa shape index (κ3) is 4.09. The number of sulfonamides is 1. The Balaban J connectivity index is 0.00000243. The summed E-state index contributed by atoms with van der Waals surface area (Å²) >= 11 is 0. The molecule has 1 unspecified atom stereocenters. The predicted octanol–water partition coefficient (Wildman–Crippen LogP) is 1.86. The van der Waals surface area contributed by atoms with Crippen LogP contribution in [0.25, 0.3) is 0 Å². The summed E-state index contributed by atoms with van der Waals surface area (Å²) in [6, 6.07) is 8.06. The molecule has 0 aliphatic carbocycles. The molecule has 1 aliphatic rings. The largest absolute Gasteiger partial charge is 0.497 e. The maximum absolute atomic E-state index is 13.3. The quantitative estimate of drug-likeness (QED) is 0.826. The van der Waals surface area contributed by atoms with Crippen LogP contribution in [0.15, 0.2) is 47.6 Å². The second-order valence-corrected chi connectivity index (χ2v) is 7.56. The molecular formula is C17H22ClN3O4S. The first-order valence-electron chi connectivity index (χ1n) is 7.92. The molecule has 9 heteroatoms. The number of benzene rings is 1. The number of pyridine rings is 1. The number of rotatable bonds is 5. The van der Waals surface area contributed by atoms with Gasteiger partial charge in [0.25, 0.3) is 0 Å². The molecule has 0 spiro atoms. The van der Waals surface area contributed by atoms with Gasteiger partial charge in [0, 0.05) is 50.2 Å². The van der Waals surface area contributed by atoms with E-state index in [9.17, 15) is 8.42 Å². The van der Waals surface area contributed by atoms with E-state index in [-0.39, 0.29) is 23.3 Å². The monoisotopic (exact) mass is 399 g/mol. The number of methoxy groups -OCH3 is 2. The van der Waals surface area contributed by atoms with Gasteiger partial charge in [-0.05, 0) is 11.6 Å². The van der Waals surface area contributed by atoms with E-state index < -0.39 is 10.0 Å². The van der Waals surface area contributed by atoms with E-state index in [2.05, 4.69) is 10.3 Å². The van der Waals surface area contributed by atoms with Gasteiger partial charge in [-0.3, -0.25) is 4.98 Å². The van der Waals surface area contributed by atoms with Gasteiger partial charge in [-0.1, -0.05) is 6.07 Å². The molecule has 3 rings (SSSR count). The van der Waals surface area contributed by atoms with Crippen LogP contribution in [-0.2, 0) is 10.0 Å². The number of halogens is 1. The highest BCUT2D eigenvalue weighted by Crippen LogP contribution is 2.32. The van der Waals surface area contributed by atoms with E-state index in [0.29, 0.717) is 31.1 Å². The minimum atomic E-state index is -3.72. The van der Waals surface area contributed by atoms with Crippen molar-refractivity contribution in [3.05, 3.63) is 48.3 Å². The van der Waals surface area contributed by atoms with Crippen molar-refractivity contribution >= 4 is 22.4 Å². The molecule has 0 radical (unpaired) electrons. The van der Waals surface area contributed by atoms with E-state index in [4.69, 9.17) is 9.47 Å². The molecule has 7 nitrogen and oxygen atoms in total. The number of nitrogens with one attached hydrogen (secondary N) is 1. The Morgan fingerprint density at radius 3 is 2.46 bits per heavy atom. The fourth-order valence-corrected chi connectivity index (χ4v) is 4.56. The average molecular weight is 400 g/mol.